The summed E-state index contributed by atoms with van der Waals surface area (Å²) in [6.07, 6.45) is 5.83. The van der Waals surface area contributed by atoms with Crippen molar-refractivity contribution < 1.29 is 0 Å². The Balaban J connectivity index is 1.88. The molecular weight excluding hydrogens is 190 g/mol. The topological polar surface area (TPSA) is 53.9 Å². The summed E-state index contributed by atoms with van der Waals surface area (Å²) in [6, 6.07) is 0. The minimum Gasteiger partial charge on any atom is -0.342 e. The highest BCUT2D eigenvalue weighted by molar-refractivity contribution is 5.24. The van der Waals surface area contributed by atoms with Crippen molar-refractivity contribution in [3.05, 3.63) is 12.4 Å². The van der Waals surface area contributed by atoms with Gasteiger partial charge in [0.25, 0.3) is 0 Å². The van der Waals surface area contributed by atoms with E-state index in [0.29, 0.717) is 11.9 Å². The minimum atomic E-state index is 0.701. The van der Waals surface area contributed by atoms with Crippen LogP contribution >= 0.6 is 0 Å². The van der Waals surface area contributed by atoms with Gasteiger partial charge in [-0.2, -0.15) is 5.10 Å². The lowest BCUT2D eigenvalue weighted by Gasteiger charge is -2.27. The Morgan fingerprint density at radius 1 is 1.53 bits per heavy atom. The lowest BCUT2D eigenvalue weighted by atomic mass is 9.99. The zero-order valence-corrected chi connectivity index (χ0v) is 9.06. The molecule has 0 aromatic carbocycles. The Kier molecular flexibility index (Phi) is 3.45. The van der Waals surface area contributed by atoms with Gasteiger partial charge in [-0.1, -0.05) is 0 Å². The summed E-state index contributed by atoms with van der Waals surface area (Å²) in [5.74, 6) is 1.41. The first-order valence-electron chi connectivity index (χ1n) is 5.42. The molecule has 0 aliphatic carbocycles. The molecule has 0 spiro atoms. The molecule has 0 bridgehead atoms. The van der Waals surface area contributed by atoms with Crippen LogP contribution in [0.2, 0.25) is 0 Å². The van der Waals surface area contributed by atoms with Crippen molar-refractivity contribution in [3.8, 4) is 0 Å². The SMILES string of the molecule is CN(CC1CCCNC1)c1nccnn1. The van der Waals surface area contributed by atoms with Gasteiger partial charge in [-0.15, -0.1) is 5.10 Å². The predicted octanol–water partition coefficient (Wildman–Crippen LogP) is 0.307. The molecule has 1 aliphatic rings. The Morgan fingerprint density at radius 2 is 2.47 bits per heavy atom. The second-order valence-corrected chi connectivity index (χ2v) is 4.04. The van der Waals surface area contributed by atoms with Gasteiger partial charge < -0.3 is 10.2 Å². The fourth-order valence-corrected chi connectivity index (χ4v) is 1.96. The maximum Gasteiger partial charge on any atom is 0.245 e. The second-order valence-electron chi connectivity index (χ2n) is 4.04. The van der Waals surface area contributed by atoms with E-state index in [0.717, 1.165) is 19.6 Å². The van der Waals surface area contributed by atoms with Gasteiger partial charge in [0.2, 0.25) is 5.95 Å². The highest BCUT2D eigenvalue weighted by Gasteiger charge is 2.16. The summed E-state index contributed by atoms with van der Waals surface area (Å²) in [4.78, 5) is 6.25. The molecule has 15 heavy (non-hydrogen) atoms. The van der Waals surface area contributed by atoms with Gasteiger partial charge in [-0.3, -0.25) is 0 Å². The molecule has 1 aromatic heterocycles. The van der Waals surface area contributed by atoms with Crippen LogP contribution in [-0.2, 0) is 0 Å². The molecule has 2 heterocycles. The van der Waals surface area contributed by atoms with Crippen molar-refractivity contribution in [3.63, 3.8) is 0 Å². The van der Waals surface area contributed by atoms with Crippen molar-refractivity contribution in [2.24, 2.45) is 5.92 Å². The molecule has 0 saturated carbocycles. The van der Waals surface area contributed by atoms with Crippen LogP contribution in [0.25, 0.3) is 0 Å². The van der Waals surface area contributed by atoms with Crippen LogP contribution < -0.4 is 10.2 Å². The molecule has 2 rings (SSSR count). The molecule has 1 fully saturated rings. The van der Waals surface area contributed by atoms with Gasteiger partial charge in [-0.25, -0.2) is 4.98 Å². The molecule has 1 atom stereocenters. The lowest BCUT2D eigenvalue weighted by Crippen LogP contribution is -2.37. The maximum absolute atomic E-state index is 4.18. The standard InChI is InChI=1S/C10H17N5/c1-15(10-12-5-6-13-14-10)8-9-3-2-4-11-7-9/h5-6,9,11H,2-4,7-8H2,1H3. The van der Waals surface area contributed by atoms with Gasteiger partial charge in [0.05, 0.1) is 12.4 Å². The third kappa shape index (κ3) is 2.86. The van der Waals surface area contributed by atoms with E-state index < -0.39 is 0 Å². The van der Waals surface area contributed by atoms with E-state index in [9.17, 15) is 0 Å². The predicted molar refractivity (Wildman–Crippen MR) is 58.7 cm³/mol. The van der Waals surface area contributed by atoms with E-state index in [1.165, 1.54) is 12.8 Å². The highest BCUT2D eigenvalue weighted by Crippen LogP contribution is 2.13. The van der Waals surface area contributed by atoms with Gasteiger partial charge in [0.1, 0.15) is 0 Å². The van der Waals surface area contributed by atoms with Gasteiger partial charge >= 0.3 is 0 Å². The van der Waals surface area contributed by atoms with Crippen molar-refractivity contribution in [2.45, 2.75) is 12.8 Å². The minimum absolute atomic E-state index is 0.701. The first-order valence-corrected chi connectivity index (χ1v) is 5.42. The molecule has 0 radical (unpaired) electrons. The van der Waals surface area contributed by atoms with E-state index in [2.05, 4.69) is 25.4 Å². The fourth-order valence-electron chi connectivity index (χ4n) is 1.96. The van der Waals surface area contributed by atoms with E-state index >= 15 is 0 Å². The van der Waals surface area contributed by atoms with Crippen LogP contribution in [0.1, 0.15) is 12.8 Å². The van der Waals surface area contributed by atoms with Crippen molar-refractivity contribution in [2.75, 3.05) is 31.6 Å². The van der Waals surface area contributed by atoms with Crippen LogP contribution in [-0.4, -0.2) is 41.9 Å². The quantitative estimate of drug-likeness (QED) is 0.773. The first kappa shape index (κ1) is 10.3. The van der Waals surface area contributed by atoms with Gasteiger partial charge in [0.15, 0.2) is 0 Å². The van der Waals surface area contributed by atoms with Crippen LogP contribution in [0.15, 0.2) is 12.4 Å². The summed E-state index contributed by atoms with van der Waals surface area (Å²) in [7, 11) is 2.02. The largest absolute Gasteiger partial charge is 0.342 e. The number of hydrogen-bond donors (Lipinski definition) is 1. The van der Waals surface area contributed by atoms with E-state index in [4.69, 9.17) is 0 Å². The molecule has 0 amide bonds. The number of nitrogens with zero attached hydrogens (tertiary/aromatic N) is 4. The summed E-state index contributed by atoms with van der Waals surface area (Å²) >= 11 is 0. The Hall–Kier alpha value is -1.23. The Morgan fingerprint density at radius 3 is 3.13 bits per heavy atom. The van der Waals surface area contributed by atoms with Crippen molar-refractivity contribution >= 4 is 5.95 Å². The summed E-state index contributed by atoms with van der Waals surface area (Å²) < 4.78 is 0. The van der Waals surface area contributed by atoms with Crippen LogP contribution in [0, 0.1) is 5.92 Å². The Bertz CT molecular complexity index is 283. The third-order valence-corrected chi connectivity index (χ3v) is 2.74. The first-order chi connectivity index (χ1) is 7.36. The van der Waals surface area contributed by atoms with E-state index in [1.54, 1.807) is 12.4 Å². The molecule has 5 heteroatoms. The number of piperidine rings is 1. The molecule has 82 valence electrons. The lowest BCUT2D eigenvalue weighted by molar-refractivity contribution is 0.380. The fraction of sp³-hybridized carbons (Fsp3) is 0.700. The molecule has 1 saturated heterocycles. The zero-order chi connectivity index (χ0) is 10.5. The molecule has 5 nitrogen and oxygen atoms in total. The molecule has 1 N–H and O–H groups in total. The molecule has 1 unspecified atom stereocenters. The third-order valence-electron chi connectivity index (χ3n) is 2.74. The van der Waals surface area contributed by atoms with Crippen molar-refractivity contribution in [1.82, 2.24) is 20.5 Å². The normalized spacial score (nSPS) is 21.3. The summed E-state index contributed by atoms with van der Waals surface area (Å²) in [5.41, 5.74) is 0. The average molecular weight is 207 g/mol. The highest BCUT2D eigenvalue weighted by atomic mass is 15.3. The number of rotatable bonds is 3. The van der Waals surface area contributed by atoms with Gasteiger partial charge in [0, 0.05) is 13.6 Å². The summed E-state index contributed by atoms with van der Waals surface area (Å²) in [5, 5.41) is 11.2. The maximum atomic E-state index is 4.18. The van der Waals surface area contributed by atoms with E-state index in [1.807, 2.05) is 7.05 Å². The van der Waals surface area contributed by atoms with Gasteiger partial charge in [-0.05, 0) is 31.8 Å². The van der Waals surface area contributed by atoms with Crippen LogP contribution in [0.5, 0.6) is 0 Å². The summed E-state index contributed by atoms with van der Waals surface area (Å²) in [6.45, 7) is 3.26. The number of aromatic nitrogens is 3. The smallest absolute Gasteiger partial charge is 0.245 e. The number of hydrogen-bond acceptors (Lipinski definition) is 5. The molecule has 1 aromatic rings. The zero-order valence-electron chi connectivity index (χ0n) is 9.06. The van der Waals surface area contributed by atoms with E-state index in [-0.39, 0.29) is 0 Å². The van der Waals surface area contributed by atoms with Crippen LogP contribution in [0.3, 0.4) is 0 Å². The van der Waals surface area contributed by atoms with Crippen LogP contribution in [0.4, 0.5) is 5.95 Å². The molecule has 1 aliphatic heterocycles. The second kappa shape index (κ2) is 5.02. The molecular formula is C10H17N5. The average Bonchev–Trinajstić information content (AvgIpc) is 2.31. The number of anilines is 1. The number of nitrogens with one attached hydrogen (secondary N) is 1. The van der Waals surface area contributed by atoms with Crippen molar-refractivity contribution in [1.29, 1.82) is 0 Å². The monoisotopic (exact) mass is 207 g/mol. The Labute approximate surface area is 89.9 Å².